The maximum atomic E-state index is 12.3. The number of nitrogens with zero attached hydrogens (tertiary/aromatic N) is 1. The molecule has 0 bridgehead atoms. The van der Waals surface area contributed by atoms with Crippen LogP contribution in [0.25, 0.3) is 0 Å². The highest BCUT2D eigenvalue weighted by Gasteiger charge is 2.37. The van der Waals surface area contributed by atoms with Crippen LogP contribution in [0.15, 0.2) is 18.2 Å². The number of carbonyl (C=O) groups is 1. The minimum absolute atomic E-state index is 0.0454. The van der Waals surface area contributed by atoms with E-state index in [0.29, 0.717) is 0 Å². The van der Waals surface area contributed by atoms with Crippen molar-refractivity contribution < 1.29 is 19.6 Å². The zero-order chi connectivity index (χ0) is 16.4. The number of ether oxygens (including phenoxy) is 1. The SMILES string of the molecule is COc1ccc([N+](=O)[O-])cc1C(=O)NC(C)(C)C(C)(C)O. The summed E-state index contributed by atoms with van der Waals surface area (Å²) in [5, 5.41) is 23.5. The minimum Gasteiger partial charge on any atom is -0.496 e. The predicted octanol–water partition coefficient (Wildman–Crippen LogP) is 1.88. The number of rotatable bonds is 5. The van der Waals surface area contributed by atoms with Gasteiger partial charge in [0, 0.05) is 12.1 Å². The highest BCUT2D eigenvalue weighted by molar-refractivity contribution is 5.98. The van der Waals surface area contributed by atoms with Gasteiger partial charge in [0.25, 0.3) is 11.6 Å². The maximum absolute atomic E-state index is 12.3. The second kappa shape index (κ2) is 5.69. The second-order valence-electron chi connectivity index (χ2n) is 5.78. The third-order valence-electron chi connectivity index (χ3n) is 3.59. The highest BCUT2D eigenvalue weighted by Crippen LogP contribution is 2.26. The van der Waals surface area contributed by atoms with E-state index in [1.54, 1.807) is 27.7 Å². The minimum atomic E-state index is -1.17. The topological polar surface area (TPSA) is 102 Å². The van der Waals surface area contributed by atoms with Gasteiger partial charge in [-0.15, -0.1) is 0 Å². The first-order valence-electron chi connectivity index (χ1n) is 6.37. The van der Waals surface area contributed by atoms with Crippen LogP contribution in [0.3, 0.4) is 0 Å². The number of amides is 1. The lowest BCUT2D eigenvalue weighted by molar-refractivity contribution is -0.384. The molecule has 1 amide bonds. The van der Waals surface area contributed by atoms with Crippen molar-refractivity contribution in [2.45, 2.75) is 38.8 Å². The monoisotopic (exact) mass is 296 g/mol. The molecule has 21 heavy (non-hydrogen) atoms. The first kappa shape index (κ1) is 16.9. The molecular weight excluding hydrogens is 276 g/mol. The molecule has 0 unspecified atom stereocenters. The van der Waals surface area contributed by atoms with Gasteiger partial charge in [-0.3, -0.25) is 14.9 Å². The third-order valence-corrected chi connectivity index (χ3v) is 3.59. The van der Waals surface area contributed by atoms with Crippen LogP contribution < -0.4 is 10.1 Å². The molecule has 0 aromatic heterocycles. The molecule has 0 fully saturated rings. The summed E-state index contributed by atoms with van der Waals surface area (Å²) >= 11 is 0. The van der Waals surface area contributed by atoms with Gasteiger partial charge >= 0.3 is 0 Å². The van der Waals surface area contributed by atoms with Crippen LogP contribution >= 0.6 is 0 Å². The average Bonchev–Trinajstić information content (AvgIpc) is 2.35. The van der Waals surface area contributed by atoms with Crippen LogP contribution in [0.2, 0.25) is 0 Å². The molecule has 7 heteroatoms. The van der Waals surface area contributed by atoms with Crippen molar-refractivity contribution in [1.82, 2.24) is 5.32 Å². The molecule has 1 rings (SSSR count). The largest absolute Gasteiger partial charge is 0.496 e. The highest BCUT2D eigenvalue weighted by atomic mass is 16.6. The lowest BCUT2D eigenvalue weighted by Crippen LogP contribution is -2.57. The molecule has 0 heterocycles. The Hall–Kier alpha value is -2.15. The van der Waals surface area contributed by atoms with Crippen molar-refractivity contribution in [3.05, 3.63) is 33.9 Å². The van der Waals surface area contributed by atoms with Gasteiger partial charge in [0.05, 0.1) is 28.7 Å². The molecule has 0 saturated carbocycles. The number of hydrogen-bond donors (Lipinski definition) is 2. The Morgan fingerprint density at radius 3 is 2.33 bits per heavy atom. The zero-order valence-corrected chi connectivity index (χ0v) is 12.8. The van der Waals surface area contributed by atoms with Gasteiger partial charge < -0.3 is 15.2 Å². The summed E-state index contributed by atoms with van der Waals surface area (Å²) < 4.78 is 5.06. The molecule has 1 aromatic carbocycles. The summed E-state index contributed by atoms with van der Waals surface area (Å²) in [6, 6.07) is 3.77. The molecular formula is C14H20N2O5. The molecule has 0 aliphatic carbocycles. The predicted molar refractivity (Wildman–Crippen MR) is 77.5 cm³/mol. The molecule has 1 aromatic rings. The number of hydrogen-bond acceptors (Lipinski definition) is 5. The fraction of sp³-hybridized carbons (Fsp3) is 0.500. The molecule has 0 radical (unpaired) electrons. The molecule has 0 aliphatic heterocycles. The van der Waals surface area contributed by atoms with E-state index >= 15 is 0 Å². The van der Waals surface area contributed by atoms with Gasteiger partial charge in [0.15, 0.2) is 0 Å². The average molecular weight is 296 g/mol. The van der Waals surface area contributed by atoms with Crippen LogP contribution in [0, 0.1) is 10.1 Å². The number of methoxy groups -OCH3 is 1. The summed E-state index contributed by atoms with van der Waals surface area (Å²) in [7, 11) is 1.37. The second-order valence-corrected chi connectivity index (χ2v) is 5.78. The maximum Gasteiger partial charge on any atom is 0.270 e. The van der Waals surface area contributed by atoms with E-state index < -0.39 is 22.0 Å². The molecule has 0 saturated heterocycles. The van der Waals surface area contributed by atoms with Gasteiger partial charge in [-0.05, 0) is 33.8 Å². The van der Waals surface area contributed by atoms with Crippen LogP contribution in [0.5, 0.6) is 5.75 Å². The zero-order valence-electron chi connectivity index (χ0n) is 12.8. The van der Waals surface area contributed by atoms with Gasteiger partial charge in [-0.1, -0.05) is 0 Å². The van der Waals surface area contributed by atoms with E-state index in [-0.39, 0.29) is 17.0 Å². The number of aliphatic hydroxyl groups is 1. The number of nitro groups is 1. The summed E-state index contributed by atoms with van der Waals surface area (Å²) in [5.74, 6) is -0.327. The van der Waals surface area contributed by atoms with Gasteiger partial charge in [-0.25, -0.2) is 0 Å². The van der Waals surface area contributed by atoms with Crippen molar-refractivity contribution in [3.63, 3.8) is 0 Å². The van der Waals surface area contributed by atoms with Crippen molar-refractivity contribution in [2.24, 2.45) is 0 Å². The van der Waals surface area contributed by atoms with E-state index in [2.05, 4.69) is 5.32 Å². The van der Waals surface area contributed by atoms with E-state index in [1.807, 2.05) is 0 Å². The van der Waals surface area contributed by atoms with Crippen molar-refractivity contribution in [2.75, 3.05) is 7.11 Å². The van der Waals surface area contributed by atoms with E-state index in [1.165, 1.54) is 19.2 Å². The first-order chi connectivity index (χ1) is 9.49. The van der Waals surface area contributed by atoms with Crippen molar-refractivity contribution >= 4 is 11.6 Å². The number of nitrogens with one attached hydrogen (secondary N) is 1. The molecule has 0 spiro atoms. The third kappa shape index (κ3) is 3.69. The summed E-state index contributed by atoms with van der Waals surface area (Å²) in [6.45, 7) is 6.46. The number of nitro benzene ring substituents is 1. The van der Waals surface area contributed by atoms with E-state index in [0.717, 1.165) is 6.07 Å². The number of benzene rings is 1. The van der Waals surface area contributed by atoms with Crippen LogP contribution in [0.1, 0.15) is 38.1 Å². The number of non-ortho nitro benzene ring substituents is 1. The smallest absolute Gasteiger partial charge is 0.270 e. The van der Waals surface area contributed by atoms with Crippen LogP contribution in [-0.4, -0.2) is 34.2 Å². The van der Waals surface area contributed by atoms with Crippen LogP contribution in [-0.2, 0) is 0 Å². The Morgan fingerprint density at radius 1 is 1.33 bits per heavy atom. The standard InChI is InChI=1S/C14H20N2O5/c1-13(2,14(3,4)18)15-12(17)10-8-9(16(19)20)6-7-11(10)21-5/h6-8,18H,1-5H3,(H,15,17). The molecule has 2 N–H and O–H groups in total. The van der Waals surface area contributed by atoms with Crippen molar-refractivity contribution in [1.29, 1.82) is 0 Å². The fourth-order valence-electron chi connectivity index (χ4n) is 1.49. The Morgan fingerprint density at radius 2 is 1.90 bits per heavy atom. The lowest BCUT2D eigenvalue weighted by atomic mass is 9.85. The number of carbonyl (C=O) groups excluding carboxylic acids is 1. The lowest BCUT2D eigenvalue weighted by Gasteiger charge is -2.38. The quantitative estimate of drug-likeness (QED) is 0.638. The van der Waals surface area contributed by atoms with E-state index in [4.69, 9.17) is 4.74 Å². The summed E-state index contributed by atoms with van der Waals surface area (Å²) in [4.78, 5) is 22.6. The van der Waals surface area contributed by atoms with Gasteiger partial charge in [0.2, 0.25) is 0 Å². The molecule has 0 atom stereocenters. The Balaban J connectivity index is 3.17. The molecule has 116 valence electrons. The molecule has 7 nitrogen and oxygen atoms in total. The Kier molecular flexibility index (Phi) is 4.58. The van der Waals surface area contributed by atoms with E-state index in [9.17, 15) is 20.0 Å². The Bertz CT molecular complexity index is 561. The van der Waals surface area contributed by atoms with Crippen molar-refractivity contribution in [3.8, 4) is 5.75 Å². The first-order valence-corrected chi connectivity index (χ1v) is 6.37. The van der Waals surface area contributed by atoms with Gasteiger partial charge in [0.1, 0.15) is 5.75 Å². The summed E-state index contributed by atoms with van der Waals surface area (Å²) in [6.07, 6.45) is 0. The normalized spacial score (nSPS) is 11.9. The fourth-order valence-corrected chi connectivity index (χ4v) is 1.49. The Labute approximate surface area is 123 Å². The van der Waals surface area contributed by atoms with Crippen LogP contribution in [0.4, 0.5) is 5.69 Å². The molecule has 0 aliphatic rings. The van der Waals surface area contributed by atoms with Gasteiger partial charge in [-0.2, -0.15) is 0 Å². The summed E-state index contributed by atoms with van der Waals surface area (Å²) in [5.41, 5.74) is -2.26.